The number of rotatable bonds is 6. The van der Waals surface area contributed by atoms with Crippen molar-refractivity contribution in [3.05, 3.63) is 114 Å². The number of benzene rings is 2. The van der Waals surface area contributed by atoms with E-state index in [1.807, 2.05) is 78.6 Å². The minimum atomic E-state index is -0.690. The van der Waals surface area contributed by atoms with Gasteiger partial charge >= 0.3 is 0 Å². The van der Waals surface area contributed by atoms with E-state index in [0.29, 0.717) is 37.3 Å². The molecule has 7 nitrogen and oxygen atoms in total. The molecule has 2 aromatic heterocycles. The van der Waals surface area contributed by atoms with Crippen LogP contribution < -0.4 is 5.32 Å². The van der Waals surface area contributed by atoms with Gasteiger partial charge in [-0.25, -0.2) is 9.97 Å². The Bertz CT molecular complexity index is 1300. The van der Waals surface area contributed by atoms with Crippen LogP contribution in [0.3, 0.4) is 0 Å². The van der Waals surface area contributed by atoms with Gasteiger partial charge in [0, 0.05) is 31.7 Å². The number of carbonyl (C=O) groups is 2. The molecule has 5 rings (SSSR count). The Hall–Kier alpha value is -4.26. The highest BCUT2D eigenvalue weighted by atomic mass is 16.2. The maximum atomic E-state index is 13.8. The molecule has 1 N–H and O–H groups in total. The number of carbonyl (C=O) groups excluding carboxylic acids is 2. The summed E-state index contributed by atoms with van der Waals surface area (Å²) in [4.78, 5) is 37.3. The topological polar surface area (TPSA) is 80.1 Å². The lowest BCUT2D eigenvalue weighted by molar-refractivity contribution is -0.129. The molecule has 2 amide bonds. The highest BCUT2D eigenvalue weighted by molar-refractivity contribution is 5.95. The van der Waals surface area contributed by atoms with Crippen LogP contribution in [0.5, 0.6) is 0 Å². The molecule has 7 heteroatoms. The molecule has 1 unspecified atom stereocenters. The van der Waals surface area contributed by atoms with Gasteiger partial charge in [0.2, 0.25) is 5.91 Å². The van der Waals surface area contributed by atoms with Crippen LogP contribution in [0.2, 0.25) is 0 Å². The number of amides is 2. The van der Waals surface area contributed by atoms with Gasteiger partial charge in [-0.2, -0.15) is 0 Å². The second-order valence-corrected chi connectivity index (χ2v) is 9.22. The lowest BCUT2D eigenvalue weighted by Gasteiger charge is -2.41. The second kappa shape index (κ2) is 10.2. The third-order valence-electron chi connectivity index (χ3n) is 7.08. The average Bonchev–Trinajstić information content (AvgIpc) is 3.49. The van der Waals surface area contributed by atoms with Crippen molar-refractivity contribution in [1.29, 1.82) is 0 Å². The van der Waals surface area contributed by atoms with Crippen molar-refractivity contribution in [2.45, 2.75) is 31.2 Å². The van der Waals surface area contributed by atoms with Crippen LogP contribution in [0.25, 0.3) is 5.82 Å². The fourth-order valence-corrected chi connectivity index (χ4v) is 4.90. The van der Waals surface area contributed by atoms with Crippen molar-refractivity contribution >= 4 is 11.8 Å². The predicted octanol–water partition coefficient (Wildman–Crippen LogP) is 4.32. The predicted molar refractivity (Wildman–Crippen MR) is 138 cm³/mol. The monoisotopic (exact) mass is 479 g/mol. The summed E-state index contributed by atoms with van der Waals surface area (Å²) in [5.41, 5.74) is 1.90. The highest BCUT2D eigenvalue weighted by Gasteiger charge is 2.44. The van der Waals surface area contributed by atoms with Crippen molar-refractivity contribution in [3.8, 4) is 5.82 Å². The normalized spacial score (nSPS) is 15.8. The van der Waals surface area contributed by atoms with Crippen molar-refractivity contribution in [2.24, 2.45) is 0 Å². The summed E-state index contributed by atoms with van der Waals surface area (Å²) in [5.74, 6) is 0.637. The Morgan fingerprint density at radius 3 is 2.25 bits per heavy atom. The molecule has 1 aliphatic rings. The summed E-state index contributed by atoms with van der Waals surface area (Å²) in [6.07, 6.45) is 7.87. The third-order valence-corrected chi connectivity index (χ3v) is 7.08. The number of hydrogen-bond donors (Lipinski definition) is 1. The molecule has 182 valence electrons. The van der Waals surface area contributed by atoms with Crippen LogP contribution >= 0.6 is 0 Å². The molecular formula is C29H29N5O2. The maximum Gasteiger partial charge on any atom is 0.255 e. The van der Waals surface area contributed by atoms with Crippen molar-refractivity contribution in [3.63, 3.8) is 0 Å². The zero-order chi connectivity index (χ0) is 25.0. The van der Waals surface area contributed by atoms with Crippen LogP contribution in [0, 0.1) is 0 Å². The van der Waals surface area contributed by atoms with E-state index < -0.39 is 5.41 Å². The molecular weight excluding hydrogens is 450 g/mol. The fourth-order valence-electron chi connectivity index (χ4n) is 4.90. The number of aromatic nitrogens is 3. The van der Waals surface area contributed by atoms with Gasteiger partial charge in [-0.15, -0.1) is 0 Å². The molecule has 4 aromatic rings. The zero-order valence-corrected chi connectivity index (χ0v) is 20.2. The van der Waals surface area contributed by atoms with Crippen molar-refractivity contribution < 1.29 is 9.59 Å². The van der Waals surface area contributed by atoms with Crippen molar-refractivity contribution in [1.82, 2.24) is 24.8 Å². The van der Waals surface area contributed by atoms with Crippen LogP contribution in [0.4, 0.5) is 0 Å². The molecule has 0 aliphatic carbocycles. The van der Waals surface area contributed by atoms with Gasteiger partial charge in [-0.1, -0.05) is 60.7 Å². The van der Waals surface area contributed by atoms with Gasteiger partial charge in [0.15, 0.2) is 0 Å². The van der Waals surface area contributed by atoms with Crippen molar-refractivity contribution in [2.75, 3.05) is 13.1 Å². The Labute approximate surface area is 210 Å². The summed E-state index contributed by atoms with van der Waals surface area (Å²) in [6, 6.07) is 23.4. The van der Waals surface area contributed by atoms with E-state index in [4.69, 9.17) is 0 Å². The Morgan fingerprint density at radius 1 is 0.944 bits per heavy atom. The first kappa shape index (κ1) is 23.5. The van der Waals surface area contributed by atoms with Gasteiger partial charge in [0.25, 0.3) is 5.91 Å². The standard InChI is InChI=1S/C29H29N5O2/c1-22(23-8-4-2-5-9-23)32-28(36)29(25-10-6-3-7-11-25)14-17-33(18-15-29)27(35)24-12-13-26(31-20-24)34-19-16-30-21-34/h2-13,16,19-22H,14-15,17-18H2,1H3,(H,32,36). The minimum absolute atomic E-state index is 0.00324. The van der Waals surface area contributed by atoms with E-state index in [0.717, 1.165) is 11.1 Å². The van der Waals surface area contributed by atoms with Gasteiger partial charge < -0.3 is 10.2 Å². The maximum absolute atomic E-state index is 13.8. The van der Waals surface area contributed by atoms with Gasteiger partial charge in [-0.3, -0.25) is 14.2 Å². The quantitative estimate of drug-likeness (QED) is 0.447. The first-order valence-electron chi connectivity index (χ1n) is 12.2. The lowest BCUT2D eigenvalue weighted by atomic mass is 9.71. The van der Waals surface area contributed by atoms with Gasteiger partial charge in [0.05, 0.1) is 17.0 Å². The van der Waals surface area contributed by atoms with E-state index in [1.165, 1.54) is 0 Å². The first-order valence-corrected chi connectivity index (χ1v) is 12.2. The molecule has 3 heterocycles. The van der Waals surface area contributed by atoms with Gasteiger partial charge in [-0.05, 0) is 43.0 Å². The molecule has 1 fully saturated rings. The minimum Gasteiger partial charge on any atom is -0.349 e. The molecule has 1 atom stereocenters. The first-order chi connectivity index (χ1) is 17.6. The molecule has 0 spiro atoms. The summed E-state index contributed by atoms with van der Waals surface area (Å²) in [5, 5.41) is 3.24. The average molecular weight is 480 g/mol. The van der Waals surface area contributed by atoms with Crippen LogP contribution in [-0.2, 0) is 10.2 Å². The second-order valence-electron chi connectivity index (χ2n) is 9.22. The summed E-state index contributed by atoms with van der Waals surface area (Å²) < 4.78 is 1.79. The zero-order valence-electron chi connectivity index (χ0n) is 20.2. The van der Waals surface area contributed by atoms with E-state index in [1.54, 1.807) is 35.6 Å². The summed E-state index contributed by atoms with van der Waals surface area (Å²) in [6.45, 7) is 2.99. The third kappa shape index (κ3) is 4.64. The molecule has 0 bridgehead atoms. The number of imidazole rings is 1. The van der Waals surface area contributed by atoms with Crippen LogP contribution in [0.15, 0.2) is 97.7 Å². The van der Waals surface area contributed by atoms with Crippen LogP contribution in [-0.4, -0.2) is 44.3 Å². The van der Waals surface area contributed by atoms with E-state index in [-0.39, 0.29) is 17.9 Å². The highest BCUT2D eigenvalue weighted by Crippen LogP contribution is 2.37. The molecule has 0 saturated carbocycles. The molecule has 0 radical (unpaired) electrons. The molecule has 1 saturated heterocycles. The SMILES string of the molecule is CC(NC(=O)C1(c2ccccc2)CCN(C(=O)c2ccc(-n3ccnc3)nc2)CC1)c1ccccc1. The van der Waals surface area contributed by atoms with E-state index in [9.17, 15) is 9.59 Å². The largest absolute Gasteiger partial charge is 0.349 e. The number of piperidine rings is 1. The van der Waals surface area contributed by atoms with E-state index in [2.05, 4.69) is 15.3 Å². The lowest BCUT2D eigenvalue weighted by Crippen LogP contribution is -2.53. The van der Waals surface area contributed by atoms with Crippen LogP contribution in [0.1, 0.15) is 47.3 Å². The van der Waals surface area contributed by atoms with E-state index >= 15 is 0 Å². The number of likely N-dealkylation sites (tertiary alicyclic amines) is 1. The molecule has 1 aliphatic heterocycles. The number of hydrogen-bond acceptors (Lipinski definition) is 4. The fraction of sp³-hybridized carbons (Fsp3) is 0.241. The molecule has 36 heavy (non-hydrogen) atoms. The number of pyridine rings is 1. The summed E-state index contributed by atoms with van der Waals surface area (Å²) >= 11 is 0. The Kier molecular flexibility index (Phi) is 6.62. The Morgan fingerprint density at radius 2 is 1.64 bits per heavy atom. The number of nitrogens with one attached hydrogen (secondary N) is 1. The molecule has 2 aromatic carbocycles. The number of nitrogens with zero attached hydrogens (tertiary/aromatic N) is 4. The van der Waals surface area contributed by atoms with Gasteiger partial charge in [0.1, 0.15) is 12.1 Å². The summed E-state index contributed by atoms with van der Waals surface area (Å²) in [7, 11) is 0. The smallest absolute Gasteiger partial charge is 0.255 e. The Balaban J connectivity index is 1.32.